The molecule has 7 heteroatoms. The van der Waals surface area contributed by atoms with Crippen molar-refractivity contribution in [3.8, 4) is 0 Å². The first-order valence-electron chi connectivity index (χ1n) is 3.61. The Kier molecular flexibility index (Phi) is 4.03. The second kappa shape index (κ2) is 4.56. The number of carboxylic acid groups (broad SMARTS) is 3. The van der Waals surface area contributed by atoms with E-state index in [0.717, 1.165) is 0 Å². The molecule has 0 aliphatic heterocycles. The molecule has 0 saturated carbocycles. The monoisotopic (exact) mass is 203 g/mol. The molecule has 0 rings (SSSR count). The van der Waals surface area contributed by atoms with Crippen molar-refractivity contribution < 1.29 is 34.8 Å². The average Bonchev–Trinajstić information content (AvgIpc) is 1.99. The fraction of sp³-hybridized carbons (Fsp3) is 0.571. The summed E-state index contributed by atoms with van der Waals surface area (Å²) in [4.78, 5) is 30.3. The van der Waals surface area contributed by atoms with Crippen LogP contribution in [0.25, 0.3) is 0 Å². The van der Waals surface area contributed by atoms with E-state index in [1.807, 2.05) is 0 Å². The molecule has 0 bridgehead atoms. The molecule has 0 heterocycles. The Bertz CT molecular complexity index is 259. The summed E-state index contributed by atoms with van der Waals surface area (Å²) in [7, 11) is 0. The van der Waals surface area contributed by atoms with Crippen molar-refractivity contribution in [3.05, 3.63) is 0 Å². The van der Waals surface area contributed by atoms with Crippen LogP contribution < -0.4 is 15.3 Å². The van der Waals surface area contributed by atoms with E-state index in [1.165, 1.54) is 0 Å². The smallest absolute Gasteiger partial charge is 0.109 e. The Morgan fingerprint density at radius 1 is 1.07 bits per heavy atom. The number of hydrogen-bond acceptors (Lipinski definition) is 7. The van der Waals surface area contributed by atoms with Gasteiger partial charge in [-0.2, -0.15) is 0 Å². The average molecular weight is 203 g/mol. The van der Waals surface area contributed by atoms with Gasteiger partial charge in [-0.25, -0.2) is 0 Å². The van der Waals surface area contributed by atoms with Crippen molar-refractivity contribution in [1.82, 2.24) is 0 Å². The van der Waals surface area contributed by atoms with Crippen LogP contribution in [0.3, 0.4) is 0 Å². The minimum absolute atomic E-state index is 0.780. The van der Waals surface area contributed by atoms with Gasteiger partial charge in [0.15, 0.2) is 0 Å². The zero-order chi connectivity index (χ0) is 11.4. The third-order valence-electron chi connectivity index (χ3n) is 1.56. The topological polar surface area (TPSA) is 141 Å². The molecule has 1 N–H and O–H groups in total. The standard InChI is InChI=1S/C7H10O7/c8-4(9)1-2-7(14,6(12)13)3-5(10)11/h14H,1-3H2,(H,8,9)(H,10,11)(H,12,13)/p-3/t7-/m0/s1. The van der Waals surface area contributed by atoms with Gasteiger partial charge in [0.25, 0.3) is 0 Å². The second-order valence-corrected chi connectivity index (χ2v) is 2.74. The first-order valence-corrected chi connectivity index (χ1v) is 3.61. The lowest BCUT2D eigenvalue weighted by Gasteiger charge is -2.29. The fourth-order valence-electron chi connectivity index (χ4n) is 0.810. The van der Waals surface area contributed by atoms with Gasteiger partial charge in [-0.3, -0.25) is 0 Å². The maximum atomic E-state index is 10.3. The van der Waals surface area contributed by atoms with E-state index in [4.69, 9.17) is 5.11 Å². The number of hydrogen-bond donors (Lipinski definition) is 1. The van der Waals surface area contributed by atoms with Crippen molar-refractivity contribution in [2.24, 2.45) is 0 Å². The predicted octanol–water partition coefficient (Wildman–Crippen LogP) is -4.86. The molecule has 0 radical (unpaired) electrons. The normalized spacial score (nSPS) is 14.4. The highest BCUT2D eigenvalue weighted by molar-refractivity contribution is 5.82. The van der Waals surface area contributed by atoms with Gasteiger partial charge in [-0.1, -0.05) is 0 Å². The van der Waals surface area contributed by atoms with Crippen LogP contribution in [0.5, 0.6) is 0 Å². The van der Waals surface area contributed by atoms with Gasteiger partial charge in [-0.15, -0.1) is 0 Å². The van der Waals surface area contributed by atoms with Crippen LogP contribution in [0.4, 0.5) is 0 Å². The Hall–Kier alpha value is -1.63. The molecular formula is C7H7O7-3. The summed E-state index contributed by atoms with van der Waals surface area (Å²) in [6, 6.07) is 0. The van der Waals surface area contributed by atoms with E-state index in [0.29, 0.717) is 0 Å². The molecular weight excluding hydrogens is 196 g/mol. The van der Waals surface area contributed by atoms with E-state index in [1.54, 1.807) is 0 Å². The quantitative estimate of drug-likeness (QED) is 0.456. The Balaban J connectivity index is 4.47. The number of aliphatic hydroxyl groups is 1. The van der Waals surface area contributed by atoms with E-state index < -0.39 is 42.8 Å². The number of rotatable bonds is 6. The van der Waals surface area contributed by atoms with E-state index in [-0.39, 0.29) is 0 Å². The van der Waals surface area contributed by atoms with Gasteiger partial charge in [-0.05, 0) is 12.8 Å². The molecule has 0 unspecified atom stereocenters. The molecule has 80 valence electrons. The summed E-state index contributed by atoms with van der Waals surface area (Å²) < 4.78 is 0. The lowest BCUT2D eigenvalue weighted by atomic mass is 9.94. The molecule has 0 aliphatic carbocycles. The highest BCUT2D eigenvalue weighted by Gasteiger charge is 2.28. The minimum atomic E-state index is -2.72. The van der Waals surface area contributed by atoms with Crippen molar-refractivity contribution >= 4 is 17.9 Å². The zero-order valence-corrected chi connectivity index (χ0v) is 7.02. The van der Waals surface area contributed by atoms with Crippen LogP contribution in [-0.4, -0.2) is 28.6 Å². The maximum Gasteiger partial charge on any atom is 0.109 e. The Labute approximate surface area is 78.6 Å². The fourth-order valence-corrected chi connectivity index (χ4v) is 0.810. The van der Waals surface area contributed by atoms with Crippen molar-refractivity contribution in [1.29, 1.82) is 0 Å². The highest BCUT2D eigenvalue weighted by atomic mass is 16.4. The summed E-state index contributed by atoms with van der Waals surface area (Å²) in [6.45, 7) is 0. The van der Waals surface area contributed by atoms with Crippen LogP contribution >= 0.6 is 0 Å². The van der Waals surface area contributed by atoms with Crippen LogP contribution in [0.1, 0.15) is 19.3 Å². The molecule has 0 fully saturated rings. The lowest BCUT2D eigenvalue weighted by Crippen LogP contribution is -2.52. The van der Waals surface area contributed by atoms with Crippen molar-refractivity contribution in [2.45, 2.75) is 24.9 Å². The van der Waals surface area contributed by atoms with Gasteiger partial charge >= 0.3 is 0 Å². The summed E-state index contributed by atoms with van der Waals surface area (Å²) >= 11 is 0. The summed E-state index contributed by atoms with van der Waals surface area (Å²) in [5.74, 6) is -5.46. The molecule has 0 amide bonds. The van der Waals surface area contributed by atoms with E-state index in [9.17, 15) is 29.7 Å². The zero-order valence-electron chi connectivity index (χ0n) is 7.02. The second-order valence-electron chi connectivity index (χ2n) is 2.74. The van der Waals surface area contributed by atoms with Gasteiger partial charge < -0.3 is 34.8 Å². The minimum Gasteiger partial charge on any atom is -0.550 e. The van der Waals surface area contributed by atoms with E-state index >= 15 is 0 Å². The van der Waals surface area contributed by atoms with Gasteiger partial charge in [0, 0.05) is 18.4 Å². The van der Waals surface area contributed by atoms with Gasteiger partial charge in [0.05, 0.1) is 5.97 Å². The Morgan fingerprint density at radius 3 is 1.86 bits per heavy atom. The molecule has 0 aromatic rings. The van der Waals surface area contributed by atoms with Crippen LogP contribution in [0, 0.1) is 0 Å². The first kappa shape index (κ1) is 12.4. The summed E-state index contributed by atoms with van der Waals surface area (Å²) in [6.07, 6.45) is -2.80. The molecule has 1 atom stereocenters. The lowest BCUT2D eigenvalue weighted by molar-refractivity contribution is -0.335. The molecule has 0 aromatic carbocycles. The predicted molar refractivity (Wildman–Crippen MR) is 33.8 cm³/mol. The van der Waals surface area contributed by atoms with Crippen LogP contribution in [0.15, 0.2) is 0 Å². The number of carboxylic acids is 3. The van der Waals surface area contributed by atoms with Crippen molar-refractivity contribution in [2.75, 3.05) is 0 Å². The molecule has 0 aromatic heterocycles. The third kappa shape index (κ3) is 3.85. The largest absolute Gasteiger partial charge is 0.550 e. The molecule has 0 saturated heterocycles. The van der Waals surface area contributed by atoms with Gasteiger partial charge in [0.2, 0.25) is 0 Å². The summed E-state index contributed by atoms with van der Waals surface area (Å²) in [5, 5.41) is 39.4. The number of carbonyl (C=O) groups is 3. The first-order chi connectivity index (χ1) is 6.28. The van der Waals surface area contributed by atoms with Crippen LogP contribution in [0.2, 0.25) is 0 Å². The summed E-state index contributed by atoms with van der Waals surface area (Å²) in [5.41, 5.74) is -2.72. The van der Waals surface area contributed by atoms with Crippen LogP contribution in [-0.2, 0) is 14.4 Å². The SMILES string of the molecule is O=C([O-])CC[C@](O)(CC(=O)[O-])C(=O)[O-]. The maximum absolute atomic E-state index is 10.3. The molecule has 14 heavy (non-hydrogen) atoms. The van der Waals surface area contributed by atoms with Crippen molar-refractivity contribution in [3.63, 3.8) is 0 Å². The highest BCUT2D eigenvalue weighted by Crippen LogP contribution is 2.15. The molecule has 0 spiro atoms. The van der Waals surface area contributed by atoms with Gasteiger partial charge in [0.1, 0.15) is 5.60 Å². The molecule has 7 nitrogen and oxygen atoms in total. The molecule has 0 aliphatic rings. The van der Waals surface area contributed by atoms with E-state index in [2.05, 4.69) is 0 Å². The number of carbonyl (C=O) groups excluding carboxylic acids is 3. The Morgan fingerprint density at radius 2 is 1.57 bits per heavy atom. The third-order valence-corrected chi connectivity index (χ3v) is 1.56. The number of aliphatic carboxylic acids is 3.